The molecule has 0 aromatic carbocycles. The van der Waals surface area contributed by atoms with E-state index in [0.717, 1.165) is 12.8 Å². The molecule has 1 aliphatic rings. The van der Waals surface area contributed by atoms with Gasteiger partial charge in [-0.15, -0.1) is 0 Å². The van der Waals surface area contributed by atoms with Gasteiger partial charge in [0.25, 0.3) is 0 Å². The molecule has 0 aromatic heterocycles. The molecule has 19 heavy (non-hydrogen) atoms. The maximum absolute atomic E-state index is 12.0. The maximum atomic E-state index is 12.0. The number of hydrogen-bond donors (Lipinski definition) is 2. The number of carboxylic acid groups (broad SMARTS) is 1. The third kappa shape index (κ3) is 4.70. The molecule has 1 fully saturated rings. The molecule has 1 rings (SSSR count). The molecule has 1 saturated heterocycles. The Kier molecular flexibility index (Phi) is 6.08. The number of carbonyl (C=O) groups excluding carboxylic acids is 1. The second kappa shape index (κ2) is 7.33. The first-order valence-corrected chi connectivity index (χ1v) is 6.82. The van der Waals surface area contributed by atoms with Crippen LogP contribution in [0.1, 0.15) is 33.6 Å². The van der Waals surface area contributed by atoms with Crippen molar-refractivity contribution in [2.24, 2.45) is 5.92 Å². The highest BCUT2D eigenvalue weighted by molar-refractivity contribution is 5.83. The van der Waals surface area contributed by atoms with Crippen molar-refractivity contribution in [3.63, 3.8) is 0 Å². The molecule has 2 unspecified atom stereocenters. The average molecular weight is 272 g/mol. The number of carbonyl (C=O) groups is 2. The van der Waals surface area contributed by atoms with Crippen LogP contribution in [0.3, 0.4) is 0 Å². The summed E-state index contributed by atoms with van der Waals surface area (Å²) in [7, 11) is 0. The number of rotatable bonds is 5. The Bertz CT molecular complexity index is 320. The van der Waals surface area contributed by atoms with Gasteiger partial charge < -0.3 is 20.1 Å². The van der Waals surface area contributed by atoms with Crippen LogP contribution in [0.25, 0.3) is 0 Å². The number of nitrogens with zero attached hydrogens (tertiary/aromatic N) is 1. The Hall–Kier alpha value is -1.30. The lowest BCUT2D eigenvalue weighted by atomic mass is 9.91. The van der Waals surface area contributed by atoms with Crippen molar-refractivity contribution in [3.05, 3.63) is 0 Å². The van der Waals surface area contributed by atoms with Crippen LogP contribution in [-0.4, -0.2) is 53.8 Å². The zero-order valence-corrected chi connectivity index (χ0v) is 11.9. The van der Waals surface area contributed by atoms with E-state index in [4.69, 9.17) is 4.74 Å². The molecule has 0 aliphatic carbocycles. The predicted molar refractivity (Wildman–Crippen MR) is 71.0 cm³/mol. The molecule has 2 amide bonds. The van der Waals surface area contributed by atoms with Crippen molar-refractivity contribution in [1.29, 1.82) is 0 Å². The molecular formula is C13H24N2O4. The van der Waals surface area contributed by atoms with Gasteiger partial charge in [0, 0.05) is 13.1 Å². The van der Waals surface area contributed by atoms with Crippen molar-refractivity contribution < 1.29 is 19.4 Å². The van der Waals surface area contributed by atoms with Crippen LogP contribution in [-0.2, 0) is 9.53 Å². The summed E-state index contributed by atoms with van der Waals surface area (Å²) in [5.41, 5.74) is 0. The lowest BCUT2D eigenvalue weighted by molar-refractivity contribution is -0.145. The number of amides is 2. The normalized spacial score (nSPS) is 23.5. The van der Waals surface area contributed by atoms with Crippen molar-refractivity contribution in [3.8, 4) is 0 Å². The standard InChI is InChI=1S/C13H24N2O4/c1-9(2)19-8-6-14-13(18)15-7-4-5-10(3)11(15)12(16)17/h9-11H,4-8H2,1-3H3,(H,14,18)(H,16,17). The minimum Gasteiger partial charge on any atom is -0.480 e. The van der Waals surface area contributed by atoms with Gasteiger partial charge in [-0.1, -0.05) is 6.92 Å². The molecule has 0 saturated carbocycles. The summed E-state index contributed by atoms with van der Waals surface area (Å²) in [6.07, 6.45) is 1.82. The van der Waals surface area contributed by atoms with Gasteiger partial charge in [-0.3, -0.25) is 0 Å². The van der Waals surface area contributed by atoms with Gasteiger partial charge in [0.15, 0.2) is 0 Å². The Morgan fingerprint density at radius 3 is 2.74 bits per heavy atom. The lowest BCUT2D eigenvalue weighted by Crippen LogP contribution is -2.55. The van der Waals surface area contributed by atoms with Gasteiger partial charge >= 0.3 is 12.0 Å². The van der Waals surface area contributed by atoms with E-state index in [1.807, 2.05) is 20.8 Å². The second-order valence-corrected chi connectivity index (χ2v) is 5.25. The number of carboxylic acids is 1. The van der Waals surface area contributed by atoms with Gasteiger partial charge in [0.05, 0.1) is 12.7 Å². The highest BCUT2D eigenvalue weighted by Crippen LogP contribution is 2.23. The molecule has 0 bridgehead atoms. The lowest BCUT2D eigenvalue weighted by Gasteiger charge is -2.37. The molecule has 0 aromatic rings. The van der Waals surface area contributed by atoms with Gasteiger partial charge in [0.1, 0.15) is 6.04 Å². The van der Waals surface area contributed by atoms with E-state index in [1.54, 1.807) is 0 Å². The van der Waals surface area contributed by atoms with Crippen LogP contribution in [0.15, 0.2) is 0 Å². The molecule has 110 valence electrons. The summed E-state index contributed by atoms with van der Waals surface area (Å²) < 4.78 is 5.33. The Balaban J connectivity index is 2.47. The van der Waals surface area contributed by atoms with Crippen LogP contribution in [0.5, 0.6) is 0 Å². The molecule has 6 nitrogen and oxygen atoms in total. The number of likely N-dealkylation sites (tertiary alicyclic amines) is 1. The second-order valence-electron chi connectivity index (χ2n) is 5.25. The van der Waals surface area contributed by atoms with Gasteiger partial charge in [-0.25, -0.2) is 9.59 Å². The van der Waals surface area contributed by atoms with Crippen molar-refractivity contribution >= 4 is 12.0 Å². The molecule has 0 radical (unpaired) electrons. The van der Waals surface area contributed by atoms with E-state index < -0.39 is 12.0 Å². The quantitative estimate of drug-likeness (QED) is 0.740. The molecule has 1 heterocycles. The highest BCUT2D eigenvalue weighted by Gasteiger charge is 2.36. The SMILES string of the molecule is CC(C)OCCNC(=O)N1CCCC(C)C1C(=O)O. The van der Waals surface area contributed by atoms with E-state index in [1.165, 1.54) is 4.90 Å². The molecule has 2 atom stereocenters. The largest absolute Gasteiger partial charge is 0.480 e. The van der Waals surface area contributed by atoms with E-state index >= 15 is 0 Å². The van der Waals surface area contributed by atoms with E-state index in [0.29, 0.717) is 19.7 Å². The Morgan fingerprint density at radius 2 is 2.16 bits per heavy atom. The average Bonchev–Trinajstić information content (AvgIpc) is 2.33. The monoisotopic (exact) mass is 272 g/mol. The molecule has 6 heteroatoms. The van der Waals surface area contributed by atoms with E-state index in [2.05, 4.69) is 5.32 Å². The topological polar surface area (TPSA) is 78.9 Å². The zero-order valence-electron chi connectivity index (χ0n) is 11.9. The third-order valence-corrected chi connectivity index (χ3v) is 3.28. The predicted octanol–water partition coefficient (Wildman–Crippen LogP) is 1.31. The first-order chi connectivity index (χ1) is 8.93. The van der Waals surface area contributed by atoms with E-state index in [-0.39, 0.29) is 18.1 Å². The van der Waals surface area contributed by atoms with Crippen LogP contribution < -0.4 is 5.32 Å². The summed E-state index contributed by atoms with van der Waals surface area (Å²) in [5, 5.41) is 11.9. The summed E-state index contributed by atoms with van der Waals surface area (Å²) in [5.74, 6) is -0.940. The fraction of sp³-hybridized carbons (Fsp3) is 0.846. The van der Waals surface area contributed by atoms with Crippen molar-refractivity contribution in [1.82, 2.24) is 10.2 Å². The molecule has 0 spiro atoms. The first-order valence-electron chi connectivity index (χ1n) is 6.82. The first kappa shape index (κ1) is 15.8. The number of hydrogen-bond acceptors (Lipinski definition) is 3. The van der Waals surface area contributed by atoms with Crippen molar-refractivity contribution in [2.75, 3.05) is 19.7 Å². The minimum atomic E-state index is -0.930. The summed E-state index contributed by atoms with van der Waals surface area (Å²) >= 11 is 0. The molecule has 1 aliphatic heterocycles. The van der Waals surface area contributed by atoms with Crippen LogP contribution in [0, 0.1) is 5.92 Å². The van der Waals surface area contributed by atoms with Gasteiger partial charge in [-0.05, 0) is 32.6 Å². The number of piperidine rings is 1. The Labute approximate surface area is 114 Å². The van der Waals surface area contributed by atoms with Crippen LogP contribution in [0.2, 0.25) is 0 Å². The molecule has 2 N–H and O–H groups in total. The highest BCUT2D eigenvalue weighted by atomic mass is 16.5. The number of ether oxygens (including phenoxy) is 1. The fourth-order valence-corrected chi connectivity index (χ4v) is 2.35. The van der Waals surface area contributed by atoms with Crippen molar-refractivity contribution in [2.45, 2.75) is 45.8 Å². The third-order valence-electron chi connectivity index (χ3n) is 3.28. The van der Waals surface area contributed by atoms with E-state index in [9.17, 15) is 14.7 Å². The van der Waals surface area contributed by atoms with Crippen LogP contribution >= 0.6 is 0 Å². The summed E-state index contributed by atoms with van der Waals surface area (Å²) in [6.45, 7) is 7.06. The summed E-state index contributed by atoms with van der Waals surface area (Å²) in [4.78, 5) is 24.7. The fourth-order valence-electron chi connectivity index (χ4n) is 2.35. The van der Waals surface area contributed by atoms with Gasteiger partial charge in [-0.2, -0.15) is 0 Å². The maximum Gasteiger partial charge on any atom is 0.326 e. The molecular weight excluding hydrogens is 248 g/mol. The van der Waals surface area contributed by atoms with Crippen LogP contribution in [0.4, 0.5) is 4.79 Å². The minimum absolute atomic E-state index is 0.0103. The number of nitrogens with one attached hydrogen (secondary N) is 1. The zero-order chi connectivity index (χ0) is 14.4. The van der Waals surface area contributed by atoms with Gasteiger partial charge in [0.2, 0.25) is 0 Å². The Morgan fingerprint density at radius 1 is 1.47 bits per heavy atom. The number of urea groups is 1. The smallest absolute Gasteiger partial charge is 0.326 e. The number of aliphatic carboxylic acids is 1. The summed E-state index contributed by atoms with van der Waals surface area (Å²) in [6, 6.07) is -1.04.